The quantitative estimate of drug-likeness (QED) is 0.369. The number of carboxylic acid groups (broad SMARTS) is 1. The van der Waals surface area contributed by atoms with Gasteiger partial charge in [-0.1, -0.05) is 48.5 Å². The molecule has 2 heterocycles. The summed E-state index contributed by atoms with van der Waals surface area (Å²) in [5.41, 5.74) is 5.64. The van der Waals surface area contributed by atoms with Crippen molar-refractivity contribution >= 4 is 28.5 Å². The van der Waals surface area contributed by atoms with Crippen LogP contribution >= 0.6 is 0 Å². The third-order valence-electron chi connectivity index (χ3n) is 6.79. The van der Waals surface area contributed by atoms with Gasteiger partial charge in [-0.25, -0.2) is 14.8 Å². The van der Waals surface area contributed by atoms with Crippen molar-refractivity contribution < 1.29 is 9.90 Å². The van der Waals surface area contributed by atoms with Crippen LogP contribution in [-0.4, -0.2) is 34.1 Å². The lowest BCUT2D eigenvalue weighted by atomic mass is 9.99. The molecule has 1 unspecified atom stereocenters. The molecule has 0 spiro atoms. The van der Waals surface area contributed by atoms with Gasteiger partial charge in [0.1, 0.15) is 6.07 Å². The number of nitrogens with zero attached hydrogens (tertiary/aromatic N) is 4. The SMILES string of the molecule is Cc1cc([C@@H](C)Nc2ccccc2C(=O)O)c2nc(N3CCC(c4ccccc4)C3)c(C#N)nc2c1. The molecule has 1 saturated heterocycles. The van der Waals surface area contributed by atoms with Crippen molar-refractivity contribution in [3.63, 3.8) is 0 Å². The van der Waals surface area contributed by atoms with E-state index in [0.717, 1.165) is 30.6 Å². The fourth-order valence-corrected chi connectivity index (χ4v) is 5.01. The average Bonchev–Trinajstić information content (AvgIpc) is 3.38. The summed E-state index contributed by atoms with van der Waals surface area (Å²) in [7, 11) is 0. The molecule has 180 valence electrons. The molecular formula is C29H27N5O2. The molecule has 0 saturated carbocycles. The van der Waals surface area contributed by atoms with Gasteiger partial charge in [0, 0.05) is 30.3 Å². The fourth-order valence-electron chi connectivity index (χ4n) is 5.01. The van der Waals surface area contributed by atoms with Crippen molar-refractivity contribution in [2.45, 2.75) is 32.2 Å². The van der Waals surface area contributed by atoms with Crippen LogP contribution in [-0.2, 0) is 0 Å². The monoisotopic (exact) mass is 477 g/mol. The second kappa shape index (κ2) is 9.67. The van der Waals surface area contributed by atoms with E-state index in [4.69, 9.17) is 9.97 Å². The summed E-state index contributed by atoms with van der Waals surface area (Å²) in [6, 6.07) is 23.3. The van der Waals surface area contributed by atoms with Gasteiger partial charge in [0.05, 0.1) is 22.6 Å². The number of aromatic nitrogens is 2. The van der Waals surface area contributed by atoms with Crippen molar-refractivity contribution in [1.82, 2.24) is 9.97 Å². The predicted octanol–water partition coefficient (Wildman–Crippen LogP) is 5.68. The van der Waals surface area contributed by atoms with Crippen LogP contribution in [0.3, 0.4) is 0 Å². The van der Waals surface area contributed by atoms with E-state index in [0.29, 0.717) is 34.2 Å². The molecule has 0 bridgehead atoms. The largest absolute Gasteiger partial charge is 0.478 e. The van der Waals surface area contributed by atoms with Gasteiger partial charge < -0.3 is 15.3 Å². The molecule has 5 rings (SSSR count). The summed E-state index contributed by atoms with van der Waals surface area (Å²) < 4.78 is 0. The molecule has 7 nitrogen and oxygen atoms in total. The Balaban J connectivity index is 1.53. The van der Waals surface area contributed by atoms with Crippen LogP contribution in [0.1, 0.15) is 58.0 Å². The van der Waals surface area contributed by atoms with Crippen molar-refractivity contribution in [3.8, 4) is 6.07 Å². The number of aromatic carboxylic acids is 1. The van der Waals surface area contributed by atoms with E-state index in [1.54, 1.807) is 18.2 Å². The second-order valence-corrected chi connectivity index (χ2v) is 9.29. The Morgan fingerprint density at radius 3 is 2.64 bits per heavy atom. The van der Waals surface area contributed by atoms with Crippen molar-refractivity contribution in [2.24, 2.45) is 0 Å². The van der Waals surface area contributed by atoms with Crippen LogP contribution in [0.25, 0.3) is 11.0 Å². The molecule has 2 N–H and O–H groups in total. The number of rotatable bonds is 6. The summed E-state index contributed by atoms with van der Waals surface area (Å²) in [6.07, 6.45) is 0.985. The minimum Gasteiger partial charge on any atom is -0.478 e. The lowest BCUT2D eigenvalue weighted by molar-refractivity contribution is 0.0698. The minimum atomic E-state index is -0.984. The number of fused-ring (bicyclic) bond motifs is 1. The van der Waals surface area contributed by atoms with Gasteiger partial charge >= 0.3 is 5.97 Å². The van der Waals surface area contributed by atoms with E-state index in [1.165, 1.54) is 5.56 Å². The highest BCUT2D eigenvalue weighted by molar-refractivity contribution is 5.94. The van der Waals surface area contributed by atoms with E-state index in [2.05, 4.69) is 40.6 Å². The first-order valence-electron chi connectivity index (χ1n) is 12.1. The maximum absolute atomic E-state index is 11.7. The topological polar surface area (TPSA) is 102 Å². The Labute approximate surface area is 210 Å². The summed E-state index contributed by atoms with van der Waals surface area (Å²) >= 11 is 0. The number of nitrogens with one attached hydrogen (secondary N) is 1. The van der Waals surface area contributed by atoms with Crippen LogP contribution in [0, 0.1) is 18.3 Å². The number of carbonyl (C=O) groups is 1. The summed E-state index contributed by atoms with van der Waals surface area (Å²) in [4.78, 5) is 23.6. The van der Waals surface area contributed by atoms with Crippen LogP contribution in [0.15, 0.2) is 66.7 Å². The third kappa shape index (κ3) is 4.46. The molecule has 0 aliphatic carbocycles. The van der Waals surface area contributed by atoms with Gasteiger partial charge in [0.2, 0.25) is 0 Å². The molecule has 0 radical (unpaired) electrons. The highest BCUT2D eigenvalue weighted by Crippen LogP contribution is 2.34. The van der Waals surface area contributed by atoms with Gasteiger partial charge in [-0.3, -0.25) is 0 Å². The Bertz CT molecular complexity index is 1480. The predicted molar refractivity (Wildman–Crippen MR) is 140 cm³/mol. The Hall–Kier alpha value is -4.44. The highest BCUT2D eigenvalue weighted by atomic mass is 16.4. The van der Waals surface area contributed by atoms with Crippen LogP contribution < -0.4 is 10.2 Å². The average molecular weight is 478 g/mol. The van der Waals surface area contributed by atoms with Crippen LogP contribution in [0.5, 0.6) is 0 Å². The molecule has 7 heteroatoms. The molecule has 1 aliphatic rings. The second-order valence-electron chi connectivity index (χ2n) is 9.29. The lowest BCUT2D eigenvalue weighted by Gasteiger charge is -2.22. The number of para-hydroxylation sites is 1. The van der Waals surface area contributed by atoms with E-state index >= 15 is 0 Å². The normalized spacial score (nSPS) is 16.0. The molecule has 3 aromatic carbocycles. The summed E-state index contributed by atoms with van der Waals surface area (Å²) in [5, 5.41) is 22.8. The fraction of sp³-hybridized carbons (Fsp3) is 0.241. The number of carboxylic acids is 1. The summed E-state index contributed by atoms with van der Waals surface area (Å²) in [6.45, 7) is 5.54. The molecular weight excluding hydrogens is 450 g/mol. The van der Waals surface area contributed by atoms with E-state index < -0.39 is 5.97 Å². The molecule has 0 amide bonds. The van der Waals surface area contributed by atoms with Gasteiger partial charge in [-0.15, -0.1) is 0 Å². The number of benzene rings is 3. The first-order valence-corrected chi connectivity index (χ1v) is 12.1. The maximum atomic E-state index is 11.7. The van der Waals surface area contributed by atoms with E-state index in [1.807, 2.05) is 38.1 Å². The highest BCUT2D eigenvalue weighted by Gasteiger charge is 2.28. The maximum Gasteiger partial charge on any atom is 0.337 e. The molecule has 36 heavy (non-hydrogen) atoms. The standard InChI is InChI=1S/C29H27N5O2/c1-18-14-23(19(2)31-24-11-7-6-10-22(24)29(35)36)27-25(15-18)32-26(16-30)28(33-27)34-13-12-21(17-34)20-8-4-3-5-9-20/h3-11,14-15,19,21,31H,12-13,17H2,1-2H3,(H,35,36)/t19-,21?/m1/s1. The molecule has 1 aromatic heterocycles. The van der Waals surface area contributed by atoms with Crippen molar-refractivity contribution in [3.05, 3.63) is 94.7 Å². The smallest absolute Gasteiger partial charge is 0.337 e. The third-order valence-corrected chi connectivity index (χ3v) is 6.79. The molecule has 1 fully saturated rings. The van der Waals surface area contributed by atoms with Crippen molar-refractivity contribution in [2.75, 3.05) is 23.3 Å². The Kier molecular flexibility index (Phi) is 6.26. The first kappa shape index (κ1) is 23.3. The van der Waals surface area contributed by atoms with Crippen LogP contribution in [0.2, 0.25) is 0 Å². The minimum absolute atomic E-state index is 0.212. The van der Waals surface area contributed by atoms with E-state index in [-0.39, 0.29) is 11.6 Å². The lowest BCUT2D eigenvalue weighted by Crippen LogP contribution is -2.22. The Morgan fingerprint density at radius 1 is 1.14 bits per heavy atom. The van der Waals surface area contributed by atoms with Gasteiger partial charge in [-0.05, 0) is 49.6 Å². The molecule has 4 aromatic rings. The summed E-state index contributed by atoms with van der Waals surface area (Å²) in [5.74, 6) is -0.00495. The Morgan fingerprint density at radius 2 is 1.89 bits per heavy atom. The zero-order valence-corrected chi connectivity index (χ0v) is 20.3. The van der Waals surface area contributed by atoms with Gasteiger partial charge in [0.15, 0.2) is 11.5 Å². The number of anilines is 2. The first-order chi connectivity index (χ1) is 17.4. The van der Waals surface area contributed by atoms with Crippen molar-refractivity contribution in [1.29, 1.82) is 5.26 Å². The zero-order valence-electron chi connectivity index (χ0n) is 20.3. The molecule has 1 aliphatic heterocycles. The van der Waals surface area contributed by atoms with Crippen LogP contribution in [0.4, 0.5) is 11.5 Å². The molecule has 2 atom stereocenters. The number of hydrogen-bond donors (Lipinski definition) is 2. The van der Waals surface area contributed by atoms with Gasteiger partial charge in [-0.2, -0.15) is 5.26 Å². The number of nitriles is 1. The number of aryl methyl sites for hydroxylation is 1. The van der Waals surface area contributed by atoms with E-state index in [9.17, 15) is 15.2 Å². The number of hydrogen-bond acceptors (Lipinski definition) is 6. The van der Waals surface area contributed by atoms with Gasteiger partial charge in [0.25, 0.3) is 0 Å². The zero-order chi connectivity index (χ0) is 25.2.